The number of nitrogens with two attached hydrogens (primary N) is 1. The molecule has 0 saturated carbocycles. The van der Waals surface area contributed by atoms with E-state index in [0.29, 0.717) is 19.5 Å². The van der Waals surface area contributed by atoms with Crippen LogP contribution in [0.3, 0.4) is 0 Å². The molecule has 0 spiro atoms. The average molecular weight is 264 g/mol. The summed E-state index contributed by atoms with van der Waals surface area (Å²) in [5, 5.41) is 9.01. The van der Waals surface area contributed by atoms with Crippen molar-refractivity contribution < 1.29 is 9.90 Å². The molecule has 0 aromatic heterocycles. The number of hydrogen-bond donors (Lipinski definition) is 2. The van der Waals surface area contributed by atoms with Crippen molar-refractivity contribution >= 4 is 5.91 Å². The summed E-state index contributed by atoms with van der Waals surface area (Å²) in [5.74, 6) is 0.0722. The summed E-state index contributed by atoms with van der Waals surface area (Å²) >= 11 is 0. The van der Waals surface area contributed by atoms with Crippen LogP contribution in [0.15, 0.2) is 24.3 Å². The van der Waals surface area contributed by atoms with Gasteiger partial charge in [0.05, 0.1) is 13.0 Å². The van der Waals surface area contributed by atoms with Gasteiger partial charge in [-0.1, -0.05) is 37.6 Å². The molecule has 1 rings (SSSR count). The van der Waals surface area contributed by atoms with E-state index < -0.39 is 0 Å². The van der Waals surface area contributed by atoms with Crippen LogP contribution >= 0.6 is 0 Å². The van der Waals surface area contributed by atoms with Gasteiger partial charge in [-0.25, -0.2) is 0 Å². The number of unbranched alkanes of at least 4 members (excludes halogenated alkanes) is 1. The third-order valence-electron chi connectivity index (χ3n) is 3.12. The molecule has 3 N–H and O–H groups in total. The number of nitrogens with zero attached hydrogens (tertiary/aromatic N) is 1. The Bertz CT molecular complexity index is 376. The van der Waals surface area contributed by atoms with Gasteiger partial charge in [-0.05, 0) is 17.5 Å². The van der Waals surface area contributed by atoms with Crippen LogP contribution in [0, 0.1) is 0 Å². The molecule has 0 unspecified atom stereocenters. The van der Waals surface area contributed by atoms with Crippen LogP contribution in [-0.4, -0.2) is 35.6 Å². The van der Waals surface area contributed by atoms with Crippen molar-refractivity contribution in [3.63, 3.8) is 0 Å². The molecule has 0 aliphatic rings. The van der Waals surface area contributed by atoms with E-state index in [-0.39, 0.29) is 12.5 Å². The second-order valence-corrected chi connectivity index (χ2v) is 4.66. The van der Waals surface area contributed by atoms with E-state index >= 15 is 0 Å². The van der Waals surface area contributed by atoms with Crippen molar-refractivity contribution in [1.29, 1.82) is 0 Å². The lowest BCUT2D eigenvalue weighted by Crippen LogP contribution is -2.35. The maximum absolute atomic E-state index is 12.2. The van der Waals surface area contributed by atoms with Gasteiger partial charge in [0.1, 0.15) is 0 Å². The second kappa shape index (κ2) is 8.67. The van der Waals surface area contributed by atoms with Gasteiger partial charge in [0.25, 0.3) is 0 Å². The molecule has 0 aliphatic carbocycles. The predicted octanol–water partition coefficient (Wildman–Crippen LogP) is 1.31. The number of benzene rings is 1. The van der Waals surface area contributed by atoms with Crippen LogP contribution in [-0.2, 0) is 17.8 Å². The van der Waals surface area contributed by atoms with Crippen LogP contribution in [0.25, 0.3) is 0 Å². The number of hydrogen-bond acceptors (Lipinski definition) is 3. The number of carbonyl (C=O) groups excluding carboxylic acids is 1. The molecule has 1 aromatic rings. The van der Waals surface area contributed by atoms with Crippen LogP contribution in [0.5, 0.6) is 0 Å². The zero-order valence-electron chi connectivity index (χ0n) is 11.6. The molecule has 0 fully saturated rings. The SMILES string of the molecule is CCCCN(CCO)C(=O)Cc1ccc(CN)cc1. The lowest BCUT2D eigenvalue weighted by Gasteiger charge is -2.21. The number of aliphatic hydroxyl groups is 1. The standard InChI is InChI=1S/C15H24N2O2/c1-2-3-8-17(9-10-18)15(19)11-13-4-6-14(12-16)7-5-13/h4-7,18H,2-3,8-12,16H2,1H3. The topological polar surface area (TPSA) is 66.6 Å². The van der Waals surface area contributed by atoms with Crippen LogP contribution < -0.4 is 5.73 Å². The van der Waals surface area contributed by atoms with Crippen LogP contribution in [0.4, 0.5) is 0 Å². The quantitative estimate of drug-likeness (QED) is 0.744. The molecular weight excluding hydrogens is 240 g/mol. The minimum atomic E-state index is 0.0154. The minimum Gasteiger partial charge on any atom is -0.395 e. The number of rotatable bonds is 8. The monoisotopic (exact) mass is 264 g/mol. The fourth-order valence-corrected chi connectivity index (χ4v) is 1.91. The molecule has 4 heteroatoms. The summed E-state index contributed by atoms with van der Waals surface area (Å²) in [7, 11) is 0. The van der Waals surface area contributed by atoms with E-state index in [9.17, 15) is 4.79 Å². The maximum atomic E-state index is 12.2. The zero-order valence-corrected chi connectivity index (χ0v) is 11.6. The molecule has 19 heavy (non-hydrogen) atoms. The molecule has 1 amide bonds. The molecule has 106 valence electrons. The summed E-state index contributed by atoms with van der Waals surface area (Å²) < 4.78 is 0. The van der Waals surface area contributed by atoms with Gasteiger partial charge in [0, 0.05) is 19.6 Å². The molecule has 0 radical (unpaired) electrons. The van der Waals surface area contributed by atoms with E-state index in [4.69, 9.17) is 10.8 Å². The fourth-order valence-electron chi connectivity index (χ4n) is 1.91. The Morgan fingerprint density at radius 2 is 1.84 bits per heavy atom. The summed E-state index contributed by atoms with van der Waals surface area (Å²) in [6, 6.07) is 7.78. The lowest BCUT2D eigenvalue weighted by atomic mass is 10.1. The lowest BCUT2D eigenvalue weighted by molar-refractivity contribution is -0.131. The van der Waals surface area contributed by atoms with Crippen molar-refractivity contribution in [2.24, 2.45) is 5.73 Å². The Labute approximate surface area is 115 Å². The molecule has 4 nitrogen and oxygen atoms in total. The fraction of sp³-hybridized carbons (Fsp3) is 0.533. The number of carbonyl (C=O) groups is 1. The van der Waals surface area contributed by atoms with E-state index in [1.807, 2.05) is 24.3 Å². The van der Waals surface area contributed by atoms with Gasteiger partial charge in [-0.15, -0.1) is 0 Å². The summed E-state index contributed by atoms with van der Waals surface area (Å²) in [6.07, 6.45) is 2.40. The third kappa shape index (κ3) is 5.41. The highest BCUT2D eigenvalue weighted by molar-refractivity contribution is 5.78. The highest BCUT2D eigenvalue weighted by Crippen LogP contribution is 2.07. The van der Waals surface area contributed by atoms with Gasteiger partial charge in [-0.2, -0.15) is 0 Å². The molecule has 1 aromatic carbocycles. The van der Waals surface area contributed by atoms with Gasteiger partial charge in [0.15, 0.2) is 0 Å². The Hall–Kier alpha value is -1.39. The zero-order chi connectivity index (χ0) is 14.1. The predicted molar refractivity (Wildman–Crippen MR) is 76.6 cm³/mol. The van der Waals surface area contributed by atoms with E-state index in [1.165, 1.54) is 0 Å². The van der Waals surface area contributed by atoms with Gasteiger partial charge >= 0.3 is 0 Å². The van der Waals surface area contributed by atoms with Crippen LogP contribution in [0.2, 0.25) is 0 Å². The third-order valence-corrected chi connectivity index (χ3v) is 3.12. The first-order chi connectivity index (χ1) is 9.21. The molecule has 0 aliphatic heterocycles. The molecule has 0 atom stereocenters. The summed E-state index contributed by atoms with van der Waals surface area (Å²) in [4.78, 5) is 13.9. The minimum absolute atomic E-state index is 0.0154. The Balaban J connectivity index is 2.58. The van der Waals surface area contributed by atoms with E-state index in [1.54, 1.807) is 4.90 Å². The Morgan fingerprint density at radius 1 is 1.21 bits per heavy atom. The smallest absolute Gasteiger partial charge is 0.227 e. The molecular formula is C15H24N2O2. The molecule has 0 saturated heterocycles. The van der Waals surface area contributed by atoms with Gasteiger partial charge in [0.2, 0.25) is 5.91 Å². The molecule has 0 heterocycles. The van der Waals surface area contributed by atoms with Crippen molar-refractivity contribution in [1.82, 2.24) is 4.90 Å². The first-order valence-electron chi connectivity index (χ1n) is 6.87. The Morgan fingerprint density at radius 3 is 2.37 bits per heavy atom. The highest BCUT2D eigenvalue weighted by Gasteiger charge is 2.12. The summed E-state index contributed by atoms with van der Waals surface area (Å²) in [5.41, 5.74) is 7.59. The van der Waals surface area contributed by atoms with Crippen molar-refractivity contribution in [2.45, 2.75) is 32.7 Å². The maximum Gasteiger partial charge on any atom is 0.227 e. The van der Waals surface area contributed by atoms with Crippen molar-refractivity contribution in [3.8, 4) is 0 Å². The van der Waals surface area contributed by atoms with Crippen molar-refractivity contribution in [2.75, 3.05) is 19.7 Å². The first kappa shape index (κ1) is 15.7. The van der Waals surface area contributed by atoms with E-state index in [0.717, 1.165) is 30.5 Å². The Kier molecular flexibility index (Phi) is 7.15. The van der Waals surface area contributed by atoms with Crippen LogP contribution in [0.1, 0.15) is 30.9 Å². The summed E-state index contributed by atoms with van der Waals surface area (Å²) in [6.45, 7) is 3.76. The largest absolute Gasteiger partial charge is 0.395 e. The normalized spacial score (nSPS) is 10.5. The van der Waals surface area contributed by atoms with Gasteiger partial charge < -0.3 is 15.7 Å². The second-order valence-electron chi connectivity index (χ2n) is 4.66. The van der Waals surface area contributed by atoms with Gasteiger partial charge in [-0.3, -0.25) is 4.79 Å². The number of aliphatic hydroxyl groups excluding tert-OH is 1. The number of amides is 1. The van der Waals surface area contributed by atoms with E-state index in [2.05, 4.69) is 6.92 Å². The average Bonchev–Trinajstić information content (AvgIpc) is 2.44. The van der Waals surface area contributed by atoms with Crippen molar-refractivity contribution in [3.05, 3.63) is 35.4 Å². The first-order valence-corrected chi connectivity index (χ1v) is 6.87. The molecule has 0 bridgehead atoms. The highest BCUT2D eigenvalue weighted by atomic mass is 16.3.